The molecule has 0 fully saturated rings. The molecule has 0 aliphatic rings. The van der Waals surface area contributed by atoms with Crippen molar-refractivity contribution in [3.05, 3.63) is 77.3 Å². The number of hydrogen-bond acceptors (Lipinski definition) is 4. The van der Waals surface area contributed by atoms with Crippen LogP contribution in [0, 0.1) is 0 Å². The summed E-state index contributed by atoms with van der Waals surface area (Å²) < 4.78 is 10.9. The average Bonchev–Trinajstić information content (AvgIpc) is 2.64. The second-order valence-corrected chi connectivity index (χ2v) is 5.89. The Morgan fingerprint density at radius 1 is 0.920 bits per heavy atom. The maximum Gasteiger partial charge on any atom is 0.168 e. The van der Waals surface area contributed by atoms with Crippen LogP contribution in [0.15, 0.2) is 66.7 Å². The number of benzene rings is 3. The van der Waals surface area contributed by atoms with Crippen molar-refractivity contribution in [1.82, 2.24) is 0 Å². The second-order valence-electron chi connectivity index (χ2n) is 5.49. The summed E-state index contributed by atoms with van der Waals surface area (Å²) in [4.78, 5) is 0. The van der Waals surface area contributed by atoms with Gasteiger partial charge in [0.25, 0.3) is 0 Å². The molecule has 0 bridgehead atoms. The Kier molecular flexibility index (Phi) is 5.31. The average molecular weight is 355 g/mol. The Balaban J connectivity index is 1.62. The Morgan fingerprint density at radius 2 is 1.60 bits per heavy atom. The van der Waals surface area contributed by atoms with Crippen molar-refractivity contribution in [2.45, 2.75) is 6.54 Å². The van der Waals surface area contributed by atoms with Crippen LogP contribution in [0.4, 0.5) is 11.4 Å². The van der Waals surface area contributed by atoms with Crippen molar-refractivity contribution in [2.75, 3.05) is 18.2 Å². The molecule has 0 heterocycles. The summed E-state index contributed by atoms with van der Waals surface area (Å²) in [6.45, 7) is 0.709. The van der Waals surface area contributed by atoms with Crippen LogP contribution in [0.2, 0.25) is 5.02 Å². The lowest BCUT2D eigenvalue weighted by atomic mass is 10.2. The number of methoxy groups -OCH3 is 1. The van der Waals surface area contributed by atoms with E-state index in [0.717, 1.165) is 17.0 Å². The minimum absolute atomic E-state index is 0.480. The third-order valence-corrected chi connectivity index (χ3v) is 4.02. The lowest BCUT2D eigenvalue weighted by Gasteiger charge is -2.11. The van der Waals surface area contributed by atoms with E-state index in [1.807, 2.05) is 48.5 Å². The van der Waals surface area contributed by atoms with Gasteiger partial charge in [-0.2, -0.15) is 0 Å². The van der Waals surface area contributed by atoms with Gasteiger partial charge in [-0.05, 0) is 54.1 Å². The summed E-state index contributed by atoms with van der Waals surface area (Å²) in [7, 11) is 1.66. The highest BCUT2D eigenvalue weighted by Gasteiger charge is 2.07. The molecule has 0 saturated carbocycles. The molecule has 3 N–H and O–H groups in total. The van der Waals surface area contributed by atoms with Gasteiger partial charge in [0.1, 0.15) is 11.5 Å². The van der Waals surface area contributed by atoms with E-state index >= 15 is 0 Å². The van der Waals surface area contributed by atoms with Crippen molar-refractivity contribution in [1.29, 1.82) is 0 Å². The van der Waals surface area contributed by atoms with Gasteiger partial charge >= 0.3 is 0 Å². The fourth-order valence-corrected chi connectivity index (χ4v) is 2.56. The molecule has 3 rings (SSSR count). The van der Waals surface area contributed by atoms with Gasteiger partial charge in [0, 0.05) is 12.2 Å². The molecule has 128 valence electrons. The third kappa shape index (κ3) is 4.37. The van der Waals surface area contributed by atoms with E-state index in [1.165, 1.54) is 0 Å². The highest BCUT2D eigenvalue weighted by Crippen LogP contribution is 2.34. The Labute approximate surface area is 152 Å². The van der Waals surface area contributed by atoms with E-state index in [2.05, 4.69) is 5.32 Å². The molecule has 0 spiro atoms. The second kappa shape index (κ2) is 7.81. The predicted molar refractivity (Wildman–Crippen MR) is 103 cm³/mol. The molecular weight excluding hydrogens is 336 g/mol. The number of anilines is 2. The van der Waals surface area contributed by atoms with E-state index in [0.29, 0.717) is 28.8 Å². The fraction of sp³-hybridized carbons (Fsp3) is 0.100. The van der Waals surface area contributed by atoms with Gasteiger partial charge in [-0.3, -0.25) is 0 Å². The van der Waals surface area contributed by atoms with E-state index in [4.69, 9.17) is 26.8 Å². The molecule has 3 aromatic carbocycles. The van der Waals surface area contributed by atoms with E-state index in [9.17, 15) is 0 Å². The lowest BCUT2D eigenvalue weighted by molar-refractivity contribution is 0.415. The maximum atomic E-state index is 6.13. The summed E-state index contributed by atoms with van der Waals surface area (Å²) in [6.07, 6.45) is 0. The molecule has 0 amide bonds. The summed E-state index contributed by atoms with van der Waals surface area (Å²) in [6, 6.07) is 20.9. The number of nitrogens with one attached hydrogen (secondary N) is 1. The molecule has 4 nitrogen and oxygen atoms in total. The zero-order chi connectivity index (χ0) is 17.6. The van der Waals surface area contributed by atoms with E-state index in [-0.39, 0.29) is 0 Å². The molecule has 0 aliphatic heterocycles. The molecule has 0 radical (unpaired) electrons. The van der Waals surface area contributed by atoms with Gasteiger partial charge < -0.3 is 20.5 Å². The molecule has 0 aromatic heterocycles. The lowest BCUT2D eigenvalue weighted by Crippen LogP contribution is -1.99. The first kappa shape index (κ1) is 17.0. The van der Waals surface area contributed by atoms with Crippen molar-refractivity contribution in [3.63, 3.8) is 0 Å². The molecule has 0 saturated heterocycles. The topological polar surface area (TPSA) is 56.5 Å². The quantitative estimate of drug-likeness (QED) is 0.587. The van der Waals surface area contributed by atoms with Crippen LogP contribution in [0.25, 0.3) is 0 Å². The van der Waals surface area contributed by atoms with Crippen molar-refractivity contribution in [2.24, 2.45) is 0 Å². The Bertz CT molecular complexity index is 813. The number of hydrogen-bond donors (Lipinski definition) is 2. The van der Waals surface area contributed by atoms with Gasteiger partial charge in [-0.25, -0.2) is 0 Å². The Hall–Kier alpha value is -2.85. The van der Waals surface area contributed by atoms with Crippen LogP contribution < -0.4 is 20.5 Å². The van der Waals surface area contributed by atoms with E-state index in [1.54, 1.807) is 25.3 Å². The van der Waals surface area contributed by atoms with Crippen LogP contribution in [-0.2, 0) is 6.54 Å². The number of para-hydroxylation sites is 1. The van der Waals surface area contributed by atoms with Crippen LogP contribution in [0.5, 0.6) is 17.2 Å². The number of nitrogen functional groups attached to an aromatic ring is 1. The fourth-order valence-electron chi connectivity index (χ4n) is 2.34. The van der Waals surface area contributed by atoms with Crippen molar-refractivity contribution < 1.29 is 9.47 Å². The molecule has 3 aromatic rings. The summed E-state index contributed by atoms with van der Waals surface area (Å²) in [5.41, 5.74) is 8.58. The highest BCUT2D eigenvalue weighted by molar-refractivity contribution is 6.32. The van der Waals surface area contributed by atoms with Gasteiger partial charge in [0.15, 0.2) is 5.75 Å². The van der Waals surface area contributed by atoms with Crippen LogP contribution >= 0.6 is 11.6 Å². The minimum Gasteiger partial charge on any atom is -0.497 e. The van der Waals surface area contributed by atoms with Crippen LogP contribution in [0.3, 0.4) is 0 Å². The summed E-state index contributed by atoms with van der Waals surface area (Å²) >= 11 is 6.13. The summed E-state index contributed by atoms with van der Waals surface area (Å²) in [5.74, 6) is 2.01. The number of ether oxygens (including phenoxy) is 2. The smallest absolute Gasteiger partial charge is 0.168 e. The highest BCUT2D eigenvalue weighted by atomic mass is 35.5. The van der Waals surface area contributed by atoms with Gasteiger partial charge in [0.05, 0.1) is 17.8 Å². The molecule has 5 heteroatoms. The van der Waals surface area contributed by atoms with Crippen molar-refractivity contribution >= 4 is 23.0 Å². The number of nitrogens with two attached hydrogens (primary N) is 1. The minimum atomic E-state index is 0.480. The first-order chi connectivity index (χ1) is 12.2. The monoisotopic (exact) mass is 354 g/mol. The van der Waals surface area contributed by atoms with Gasteiger partial charge in [-0.15, -0.1) is 0 Å². The predicted octanol–water partition coefficient (Wildman–Crippen LogP) is 5.34. The maximum absolute atomic E-state index is 6.13. The third-order valence-electron chi connectivity index (χ3n) is 3.73. The summed E-state index contributed by atoms with van der Waals surface area (Å²) in [5, 5.41) is 3.85. The first-order valence-corrected chi connectivity index (χ1v) is 8.22. The van der Waals surface area contributed by atoms with Crippen LogP contribution in [-0.4, -0.2) is 7.11 Å². The first-order valence-electron chi connectivity index (χ1n) is 7.84. The molecule has 0 aliphatic carbocycles. The number of halogens is 1. The SMILES string of the molecule is COc1ccc(NCc2ccc(Oc3c(N)cccc3Cl)cc2)cc1. The zero-order valence-corrected chi connectivity index (χ0v) is 14.6. The van der Waals surface area contributed by atoms with Crippen molar-refractivity contribution in [3.8, 4) is 17.2 Å². The zero-order valence-electron chi connectivity index (χ0n) is 13.8. The Morgan fingerprint density at radius 3 is 2.24 bits per heavy atom. The molecule has 0 atom stereocenters. The standard InChI is InChI=1S/C20H19ClN2O2/c1-24-16-11-7-15(8-12-16)23-13-14-5-9-17(10-6-14)25-20-18(21)3-2-4-19(20)22/h2-12,23H,13,22H2,1H3. The molecule has 25 heavy (non-hydrogen) atoms. The molecular formula is C20H19ClN2O2. The van der Waals surface area contributed by atoms with Gasteiger partial charge in [-0.1, -0.05) is 29.8 Å². The van der Waals surface area contributed by atoms with Gasteiger partial charge in [0.2, 0.25) is 0 Å². The van der Waals surface area contributed by atoms with E-state index < -0.39 is 0 Å². The molecule has 0 unspecified atom stereocenters. The van der Waals surface area contributed by atoms with Crippen LogP contribution in [0.1, 0.15) is 5.56 Å². The number of rotatable bonds is 6. The largest absolute Gasteiger partial charge is 0.497 e. The normalized spacial score (nSPS) is 10.3.